The summed E-state index contributed by atoms with van der Waals surface area (Å²) >= 11 is 0. The summed E-state index contributed by atoms with van der Waals surface area (Å²) in [6.07, 6.45) is 4.64. The topological polar surface area (TPSA) is 32.7 Å². The molecular formula is C17H29NO2. The molecule has 0 spiro atoms. The van der Waals surface area contributed by atoms with Gasteiger partial charge in [-0.1, -0.05) is 38.3 Å². The standard InChI is InChI=1S/C17H29NO2/c1-4-5-6-7-12-20-17-10-8-16(9-11-17)14-18(3)13-15(2)19/h8-11,15,19H,4-7,12-14H2,1-3H3/t15-/m0/s1. The van der Waals surface area contributed by atoms with Crippen LogP contribution < -0.4 is 4.74 Å². The van der Waals surface area contributed by atoms with Gasteiger partial charge in [0.1, 0.15) is 5.75 Å². The lowest BCUT2D eigenvalue weighted by atomic mass is 10.2. The molecule has 114 valence electrons. The third-order valence-corrected chi connectivity index (χ3v) is 3.22. The van der Waals surface area contributed by atoms with E-state index in [-0.39, 0.29) is 6.10 Å². The van der Waals surface area contributed by atoms with Gasteiger partial charge in [-0.15, -0.1) is 0 Å². The monoisotopic (exact) mass is 279 g/mol. The lowest BCUT2D eigenvalue weighted by Crippen LogP contribution is -2.26. The molecule has 3 heteroatoms. The van der Waals surface area contributed by atoms with Crippen LogP contribution in [0.4, 0.5) is 0 Å². The van der Waals surface area contributed by atoms with Crippen LogP contribution in [0.15, 0.2) is 24.3 Å². The van der Waals surface area contributed by atoms with E-state index in [0.29, 0.717) is 6.54 Å². The molecule has 1 N–H and O–H groups in total. The summed E-state index contributed by atoms with van der Waals surface area (Å²) in [4.78, 5) is 2.12. The first kappa shape index (κ1) is 17.0. The number of hydrogen-bond donors (Lipinski definition) is 1. The van der Waals surface area contributed by atoms with E-state index in [2.05, 4.69) is 24.0 Å². The molecule has 0 amide bonds. The molecule has 0 aromatic heterocycles. The Morgan fingerprint density at radius 3 is 2.45 bits per heavy atom. The Balaban J connectivity index is 2.29. The van der Waals surface area contributed by atoms with Gasteiger partial charge in [-0.3, -0.25) is 4.90 Å². The second kappa shape index (κ2) is 9.78. The number of benzene rings is 1. The summed E-state index contributed by atoms with van der Waals surface area (Å²) in [5.74, 6) is 0.948. The Labute approximate surface area is 123 Å². The molecule has 0 saturated heterocycles. The van der Waals surface area contributed by atoms with Crippen LogP contribution in [0.3, 0.4) is 0 Å². The van der Waals surface area contributed by atoms with E-state index in [1.165, 1.54) is 24.8 Å². The van der Waals surface area contributed by atoms with Gasteiger partial charge in [-0.25, -0.2) is 0 Å². The van der Waals surface area contributed by atoms with E-state index in [0.717, 1.165) is 25.3 Å². The van der Waals surface area contributed by atoms with Crippen molar-refractivity contribution in [1.82, 2.24) is 4.90 Å². The third kappa shape index (κ3) is 7.51. The first-order valence-corrected chi connectivity index (χ1v) is 7.70. The SMILES string of the molecule is CCCCCCOc1ccc(CN(C)C[C@H](C)O)cc1. The summed E-state index contributed by atoms with van der Waals surface area (Å²) in [6, 6.07) is 8.26. The first-order chi connectivity index (χ1) is 9.61. The summed E-state index contributed by atoms with van der Waals surface area (Å²) in [5, 5.41) is 9.34. The van der Waals surface area contributed by atoms with Crippen LogP contribution in [-0.2, 0) is 6.54 Å². The molecule has 0 unspecified atom stereocenters. The van der Waals surface area contributed by atoms with E-state index in [9.17, 15) is 5.11 Å². The molecule has 0 aliphatic heterocycles. The zero-order chi connectivity index (χ0) is 14.8. The normalized spacial score (nSPS) is 12.7. The maximum atomic E-state index is 9.34. The molecule has 1 rings (SSSR count). The van der Waals surface area contributed by atoms with E-state index >= 15 is 0 Å². The van der Waals surface area contributed by atoms with Gasteiger partial charge in [-0.2, -0.15) is 0 Å². The molecule has 20 heavy (non-hydrogen) atoms. The van der Waals surface area contributed by atoms with Crippen LogP contribution in [0.25, 0.3) is 0 Å². The van der Waals surface area contributed by atoms with Crippen molar-refractivity contribution in [2.45, 2.75) is 52.2 Å². The van der Waals surface area contributed by atoms with Crippen LogP contribution >= 0.6 is 0 Å². The minimum absolute atomic E-state index is 0.286. The van der Waals surface area contributed by atoms with Crippen molar-refractivity contribution in [3.8, 4) is 5.75 Å². The molecule has 1 atom stereocenters. The van der Waals surface area contributed by atoms with E-state index in [1.807, 2.05) is 26.1 Å². The van der Waals surface area contributed by atoms with Crippen molar-refractivity contribution in [3.63, 3.8) is 0 Å². The number of hydrogen-bond acceptors (Lipinski definition) is 3. The number of ether oxygens (including phenoxy) is 1. The molecule has 0 heterocycles. The largest absolute Gasteiger partial charge is 0.494 e. The number of nitrogens with zero attached hydrogens (tertiary/aromatic N) is 1. The molecule has 1 aromatic rings. The van der Waals surface area contributed by atoms with Crippen molar-refractivity contribution in [2.75, 3.05) is 20.2 Å². The van der Waals surface area contributed by atoms with Gasteiger partial charge >= 0.3 is 0 Å². The first-order valence-electron chi connectivity index (χ1n) is 7.70. The van der Waals surface area contributed by atoms with Gasteiger partial charge in [0.15, 0.2) is 0 Å². The van der Waals surface area contributed by atoms with E-state index in [4.69, 9.17) is 4.74 Å². The second-order valence-corrected chi connectivity index (χ2v) is 5.60. The fourth-order valence-corrected chi connectivity index (χ4v) is 2.24. The third-order valence-electron chi connectivity index (χ3n) is 3.22. The Bertz CT molecular complexity index is 349. The van der Waals surface area contributed by atoms with E-state index in [1.54, 1.807) is 0 Å². The maximum Gasteiger partial charge on any atom is 0.119 e. The summed E-state index contributed by atoms with van der Waals surface area (Å²) in [7, 11) is 2.02. The van der Waals surface area contributed by atoms with Gasteiger partial charge in [0, 0.05) is 13.1 Å². The molecule has 0 bridgehead atoms. The fourth-order valence-electron chi connectivity index (χ4n) is 2.24. The van der Waals surface area contributed by atoms with Crippen molar-refractivity contribution in [1.29, 1.82) is 0 Å². The summed E-state index contributed by atoms with van der Waals surface area (Å²) in [5.41, 5.74) is 1.24. The van der Waals surface area contributed by atoms with Crippen LogP contribution in [0.1, 0.15) is 45.1 Å². The molecule has 0 aliphatic rings. The Morgan fingerprint density at radius 1 is 1.15 bits per heavy atom. The average Bonchev–Trinajstić information content (AvgIpc) is 2.39. The van der Waals surface area contributed by atoms with Gasteiger partial charge in [0.05, 0.1) is 12.7 Å². The molecule has 0 aliphatic carbocycles. The average molecular weight is 279 g/mol. The zero-order valence-corrected chi connectivity index (χ0v) is 13.1. The number of likely N-dealkylation sites (N-methyl/N-ethyl adjacent to an activating group) is 1. The highest BCUT2D eigenvalue weighted by molar-refractivity contribution is 5.27. The predicted octanol–water partition coefficient (Wildman–Crippen LogP) is 3.46. The zero-order valence-electron chi connectivity index (χ0n) is 13.1. The van der Waals surface area contributed by atoms with Crippen molar-refractivity contribution in [2.24, 2.45) is 0 Å². The van der Waals surface area contributed by atoms with Crippen LogP contribution in [-0.4, -0.2) is 36.3 Å². The van der Waals surface area contributed by atoms with Crippen molar-refractivity contribution >= 4 is 0 Å². The number of aliphatic hydroxyl groups is 1. The van der Waals surface area contributed by atoms with Crippen molar-refractivity contribution in [3.05, 3.63) is 29.8 Å². The molecule has 0 radical (unpaired) electrons. The van der Waals surface area contributed by atoms with Gasteiger partial charge < -0.3 is 9.84 Å². The lowest BCUT2D eigenvalue weighted by Gasteiger charge is -2.18. The van der Waals surface area contributed by atoms with E-state index < -0.39 is 0 Å². The summed E-state index contributed by atoms with van der Waals surface area (Å²) < 4.78 is 5.72. The molecule has 1 aromatic carbocycles. The molecule has 0 fully saturated rings. The quantitative estimate of drug-likeness (QED) is 0.666. The Hall–Kier alpha value is -1.06. The highest BCUT2D eigenvalue weighted by atomic mass is 16.5. The molecular weight excluding hydrogens is 250 g/mol. The van der Waals surface area contributed by atoms with Gasteiger partial charge in [0.2, 0.25) is 0 Å². The Kier molecular flexibility index (Phi) is 8.31. The lowest BCUT2D eigenvalue weighted by molar-refractivity contribution is 0.138. The maximum absolute atomic E-state index is 9.34. The highest BCUT2D eigenvalue weighted by Gasteiger charge is 2.04. The molecule has 0 saturated carbocycles. The van der Waals surface area contributed by atoms with Crippen LogP contribution in [0.5, 0.6) is 5.75 Å². The second-order valence-electron chi connectivity index (χ2n) is 5.60. The number of aliphatic hydroxyl groups excluding tert-OH is 1. The van der Waals surface area contributed by atoms with Gasteiger partial charge in [-0.05, 0) is 38.1 Å². The predicted molar refractivity (Wildman–Crippen MR) is 84.1 cm³/mol. The summed E-state index contributed by atoms with van der Waals surface area (Å²) in [6.45, 7) is 6.37. The molecule has 3 nitrogen and oxygen atoms in total. The Morgan fingerprint density at radius 2 is 1.85 bits per heavy atom. The van der Waals surface area contributed by atoms with Crippen LogP contribution in [0.2, 0.25) is 0 Å². The smallest absolute Gasteiger partial charge is 0.119 e. The highest BCUT2D eigenvalue weighted by Crippen LogP contribution is 2.14. The number of rotatable bonds is 10. The minimum atomic E-state index is -0.286. The van der Waals surface area contributed by atoms with Gasteiger partial charge in [0.25, 0.3) is 0 Å². The fraction of sp³-hybridized carbons (Fsp3) is 0.647. The van der Waals surface area contributed by atoms with Crippen molar-refractivity contribution < 1.29 is 9.84 Å². The number of unbranched alkanes of at least 4 members (excludes halogenated alkanes) is 3. The van der Waals surface area contributed by atoms with Crippen LogP contribution in [0, 0.1) is 0 Å². The minimum Gasteiger partial charge on any atom is -0.494 e.